The van der Waals surface area contributed by atoms with Crippen LogP contribution in [0.25, 0.3) is 0 Å². The zero-order valence-electron chi connectivity index (χ0n) is 9.67. The van der Waals surface area contributed by atoms with E-state index in [0.29, 0.717) is 19.8 Å². The van der Waals surface area contributed by atoms with E-state index in [1.807, 2.05) is 32.9 Å². The molecule has 0 aromatic heterocycles. The van der Waals surface area contributed by atoms with Crippen molar-refractivity contribution in [2.75, 3.05) is 25.6 Å². The number of aryl methyl sites for hydroxylation is 2. The molecule has 0 heterocycles. The fourth-order valence-electron chi connectivity index (χ4n) is 1.41. The molecule has 0 aliphatic heterocycles. The monoisotopic (exact) mass is 209 g/mol. The van der Waals surface area contributed by atoms with Gasteiger partial charge in [0.25, 0.3) is 0 Å². The van der Waals surface area contributed by atoms with Gasteiger partial charge < -0.3 is 15.2 Å². The minimum atomic E-state index is 0.543. The minimum absolute atomic E-state index is 0.543. The van der Waals surface area contributed by atoms with Crippen molar-refractivity contribution in [1.29, 1.82) is 0 Å². The van der Waals surface area contributed by atoms with Crippen LogP contribution < -0.4 is 10.5 Å². The number of ether oxygens (including phenoxy) is 2. The molecule has 1 aromatic carbocycles. The summed E-state index contributed by atoms with van der Waals surface area (Å²) in [4.78, 5) is 0. The Kier molecular flexibility index (Phi) is 4.43. The zero-order chi connectivity index (χ0) is 11.3. The molecular weight excluding hydrogens is 190 g/mol. The summed E-state index contributed by atoms with van der Waals surface area (Å²) in [7, 11) is 0. The maximum Gasteiger partial charge on any atom is 0.142 e. The van der Waals surface area contributed by atoms with Crippen molar-refractivity contribution in [3.05, 3.63) is 23.3 Å². The second-order valence-electron chi connectivity index (χ2n) is 3.54. The number of nitrogen functional groups attached to an aromatic ring is 1. The molecule has 0 amide bonds. The molecule has 84 valence electrons. The SMILES string of the molecule is CCOCCOc1cc(C)cc(C)c1N. The molecule has 0 unspecified atom stereocenters. The van der Waals surface area contributed by atoms with Crippen LogP contribution in [0.1, 0.15) is 18.1 Å². The van der Waals surface area contributed by atoms with Crippen molar-refractivity contribution in [2.45, 2.75) is 20.8 Å². The summed E-state index contributed by atoms with van der Waals surface area (Å²) in [5.74, 6) is 0.757. The second-order valence-corrected chi connectivity index (χ2v) is 3.54. The van der Waals surface area contributed by atoms with Gasteiger partial charge in [0.15, 0.2) is 0 Å². The average Bonchev–Trinajstić information content (AvgIpc) is 2.19. The predicted octanol–water partition coefficient (Wildman–Crippen LogP) is 2.30. The van der Waals surface area contributed by atoms with Gasteiger partial charge >= 0.3 is 0 Å². The van der Waals surface area contributed by atoms with Crippen molar-refractivity contribution < 1.29 is 9.47 Å². The molecule has 0 aliphatic rings. The molecule has 0 fully saturated rings. The van der Waals surface area contributed by atoms with Gasteiger partial charge in [0, 0.05) is 6.61 Å². The number of benzene rings is 1. The smallest absolute Gasteiger partial charge is 0.142 e. The number of nitrogens with two attached hydrogens (primary N) is 1. The third kappa shape index (κ3) is 3.44. The van der Waals surface area contributed by atoms with Gasteiger partial charge in [0.1, 0.15) is 12.4 Å². The molecule has 0 atom stereocenters. The molecule has 3 heteroatoms. The largest absolute Gasteiger partial charge is 0.489 e. The summed E-state index contributed by atoms with van der Waals surface area (Å²) < 4.78 is 10.7. The van der Waals surface area contributed by atoms with Gasteiger partial charge in [0.2, 0.25) is 0 Å². The van der Waals surface area contributed by atoms with Gasteiger partial charge in [0.05, 0.1) is 12.3 Å². The lowest BCUT2D eigenvalue weighted by Gasteiger charge is -2.11. The van der Waals surface area contributed by atoms with Crippen LogP contribution in [0.4, 0.5) is 5.69 Å². The number of anilines is 1. The fraction of sp³-hybridized carbons (Fsp3) is 0.500. The Morgan fingerprint density at radius 1 is 1.20 bits per heavy atom. The van der Waals surface area contributed by atoms with E-state index in [9.17, 15) is 0 Å². The summed E-state index contributed by atoms with van der Waals surface area (Å²) in [6.07, 6.45) is 0. The predicted molar refractivity (Wildman–Crippen MR) is 62.3 cm³/mol. The first-order valence-electron chi connectivity index (χ1n) is 5.22. The Labute approximate surface area is 91.2 Å². The molecule has 1 aromatic rings. The van der Waals surface area contributed by atoms with Crippen molar-refractivity contribution in [1.82, 2.24) is 0 Å². The lowest BCUT2D eigenvalue weighted by atomic mass is 10.1. The van der Waals surface area contributed by atoms with Crippen LogP contribution in [-0.4, -0.2) is 19.8 Å². The quantitative estimate of drug-likeness (QED) is 0.598. The van der Waals surface area contributed by atoms with Gasteiger partial charge in [-0.3, -0.25) is 0 Å². The van der Waals surface area contributed by atoms with Gasteiger partial charge in [-0.1, -0.05) is 6.07 Å². The van der Waals surface area contributed by atoms with E-state index in [2.05, 4.69) is 0 Å². The van der Waals surface area contributed by atoms with Crippen LogP contribution in [0.15, 0.2) is 12.1 Å². The average molecular weight is 209 g/mol. The first-order chi connectivity index (χ1) is 7.15. The molecular formula is C12H19NO2. The van der Waals surface area contributed by atoms with E-state index in [1.54, 1.807) is 0 Å². The van der Waals surface area contributed by atoms with Crippen LogP contribution in [-0.2, 0) is 4.74 Å². The summed E-state index contributed by atoms with van der Waals surface area (Å²) in [5.41, 5.74) is 8.84. The topological polar surface area (TPSA) is 44.5 Å². The maximum absolute atomic E-state index is 5.90. The fourth-order valence-corrected chi connectivity index (χ4v) is 1.41. The van der Waals surface area contributed by atoms with E-state index < -0.39 is 0 Å². The van der Waals surface area contributed by atoms with E-state index >= 15 is 0 Å². The number of rotatable bonds is 5. The van der Waals surface area contributed by atoms with E-state index in [0.717, 1.165) is 22.6 Å². The molecule has 0 spiro atoms. The van der Waals surface area contributed by atoms with Crippen LogP contribution in [0.5, 0.6) is 5.75 Å². The van der Waals surface area contributed by atoms with Crippen molar-refractivity contribution in [2.24, 2.45) is 0 Å². The van der Waals surface area contributed by atoms with Gasteiger partial charge in [-0.05, 0) is 38.0 Å². The summed E-state index contributed by atoms with van der Waals surface area (Å²) in [6.45, 7) is 7.83. The summed E-state index contributed by atoms with van der Waals surface area (Å²) in [6, 6.07) is 4.00. The lowest BCUT2D eigenvalue weighted by Crippen LogP contribution is -2.08. The molecule has 0 saturated heterocycles. The maximum atomic E-state index is 5.90. The minimum Gasteiger partial charge on any atom is -0.489 e. The summed E-state index contributed by atoms with van der Waals surface area (Å²) >= 11 is 0. The molecule has 0 saturated carbocycles. The van der Waals surface area contributed by atoms with Crippen LogP contribution in [0.2, 0.25) is 0 Å². The summed E-state index contributed by atoms with van der Waals surface area (Å²) in [5, 5.41) is 0. The number of hydrogen-bond donors (Lipinski definition) is 1. The lowest BCUT2D eigenvalue weighted by molar-refractivity contribution is 0.110. The molecule has 0 radical (unpaired) electrons. The number of hydrogen-bond acceptors (Lipinski definition) is 3. The molecule has 2 N–H and O–H groups in total. The van der Waals surface area contributed by atoms with Gasteiger partial charge in [-0.25, -0.2) is 0 Å². The second kappa shape index (κ2) is 5.61. The Bertz CT molecular complexity index is 324. The van der Waals surface area contributed by atoms with E-state index in [4.69, 9.17) is 15.2 Å². The first-order valence-corrected chi connectivity index (χ1v) is 5.22. The van der Waals surface area contributed by atoms with Crippen LogP contribution >= 0.6 is 0 Å². The third-order valence-corrected chi connectivity index (χ3v) is 2.18. The highest BCUT2D eigenvalue weighted by Gasteiger charge is 2.04. The van der Waals surface area contributed by atoms with Crippen LogP contribution in [0, 0.1) is 13.8 Å². The molecule has 15 heavy (non-hydrogen) atoms. The van der Waals surface area contributed by atoms with E-state index in [1.165, 1.54) is 0 Å². The highest BCUT2D eigenvalue weighted by Crippen LogP contribution is 2.26. The molecule has 0 aliphatic carbocycles. The van der Waals surface area contributed by atoms with Crippen molar-refractivity contribution in [3.63, 3.8) is 0 Å². The molecule has 3 nitrogen and oxygen atoms in total. The van der Waals surface area contributed by atoms with Crippen molar-refractivity contribution >= 4 is 5.69 Å². The standard InChI is InChI=1S/C12H19NO2/c1-4-14-5-6-15-11-8-9(2)7-10(3)12(11)13/h7-8H,4-6,13H2,1-3H3. The molecule has 1 rings (SSSR count). The highest BCUT2D eigenvalue weighted by atomic mass is 16.5. The van der Waals surface area contributed by atoms with Crippen molar-refractivity contribution in [3.8, 4) is 5.75 Å². The highest BCUT2D eigenvalue weighted by molar-refractivity contribution is 5.59. The Morgan fingerprint density at radius 3 is 2.60 bits per heavy atom. The van der Waals surface area contributed by atoms with Crippen LogP contribution in [0.3, 0.4) is 0 Å². The first kappa shape index (κ1) is 11.9. The van der Waals surface area contributed by atoms with Gasteiger partial charge in [-0.2, -0.15) is 0 Å². The molecule has 0 bridgehead atoms. The third-order valence-electron chi connectivity index (χ3n) is 2.18. The Morgan fingerprint density at radius 2 is 1.93 bits per heavy atom. The Balaban J connectivity index is 2.60. The van der Waals surface area contributed by atoms with E-state index in [-0.39, 0.29) is 0 Å². The zero-order valence-corrected chi connectivity index (χ0v) is 9.67. The van der Waals surface area contributed by atoms with Gasteiger partial charge in [-0.15, -0.1) is 0 Å². The normalized spacial score (nSPS) is 10.3. The Hall–Kier alpha value is -1.22.